The van der Waals surface area contributed by atoms with Crippen LogP contribution in [0, 0.1) is 0 Å². The lowest BCUT2D eigenvalue weighted by atomic mass is 10.2. The van der Waals surface area contributed by atoms with E-state index in [0.29, 0.717) is 19.3 Å². The summed E-state index contributed by atoms with van der Waals surface area (Å²) >= 11 is 0. The van der Waals surface area contributed by atoms with E-state index in [1.165, 1.54) is 0 Å². The van der Waals surface area contributed by atoms with E-state index in [2.05, 4.69) is 26.3 Å². The first kappa shape index (κ1) is 17.8. The molecule has 1 fully saturated rings. The van der Waals surface area contributed by atoms with Crippen molar-refractivity contribution in [2.24, 2.45) is 17.2 Å². The molecule has 1 saturated heterocycles. The molecule has 0 aromatic carbocycles. The average Bonchev–Trinajstić information content (AvgIpc) is 2.20. The molecule has 1 heterocycles. The predicted octanol–water partition coefficient (Wildman–Crippen LogP) is 1.32. The van der Waals surface area contributed by atoms with Crippen LogP contribution >= 0.6 is 8.25 Å². The fourth-order valence-corrected chi connectivity index (χ4v) is 1.69. The van der Waals surface area contributed by atoms with Crippen LogP contribution in [0.4, 0.5) is 0 Å². The molecule has 2 atom stereocenters. The lowest BCUT2D eigenvalue weighted by Crippen LogP contribution is -2.51. The van der Waals surface area contributed by atoms with E-state index < -0.39 is 20.3 Å². The smallest absolute Gasteiger partial charge is 0.302 e. The van der Waals surface area contributed by atoms with Gasteiger partial charge in [-0.05, 0) is 12.8 Å². The highest BCUT2D eigenvalue weighted by Crippen LogP contribution is 2.33. The molecular weight excluding hydrogens is 229 g/mol. The molecule has 0 amide bonds. The van der Waals surface area contributed by atoms with Crippen LogP contribution in [0.1, 0.15) is 19.3 Å². The quantitative estimate of drug-likeness (QED) is 0.339. The third-order valence-electron chi connectivity index (χ3n) is 1.52. The van der Waals surface area contributed by atoms with Crippen molar-refractivity contribution in [1.82, 2.24) is 0 Å². The Morgan fingerprint density at radius 3 is 2.25 bits per heavy atom. The van der Waals surface area contributed by atoms with E-state index in [4.69, 9.17) is 26.2 Å². The molecule has 6 N–H and O–H groups in total. The molecule has 1 aliphatic heterocycles. The van der Waals surface area contributed by atoms with Crippen LogP contribution in [0.5, 0.6) is 0 Å². The van der Waals surface area contributed by atoms with Gasteiger partial charge in [-0.1, -0.05) is 4.52 Å². The van der Waals surface area contributed by atoms with Gasteiger partial charge in [0.05, 0.1) is 0 Å². The van der Waals surface area contributed by atoms with Crippen molar-refractivity contribution in [3.63, 3.8) is 0 Å². The number of nitrogens with two attached hydrogens (primary N) is 3. The first-order valence-electron chi connectivity index (χ1n) is 4.66. The maximum atomic E-state index is 10.9. The standard InChI is InChI=1S/C5H13N3O3P.2C2H4/c6-4-2-1-3-5(7,8)11-12(9)10-4;2*1-2/h4H,1-3,6-8H2;2*1-2H2/q+1;;. The molecule has 16 heavy (non-hydrogen) atoms. The summed E-state index contributed by atoms with van der Waals surface area (Å²) in [4.78, 5) is 0. The van der Waals surface area contributed by atoms with Crippen molar-refractivity contribution in [2.75, 3.05) is 0 Å². The van der Waals surface area contributed by atoms with Crippen LogP contribution in [-0.4, -0.2) is 12.1 Å². The van der Waals surface area contributed by atoms with Crippen LogP contribution in [0.3, 0.4) is 0 Å². The Morgan fingerprint density at radius 2 is 1.75 bits per heavy atom. The zero-order chi connectivity index (χ0) is 13.2. The first-order valence-corrected chi connectivity index (χ1v) is 5.76. The van der Waals surface area contributed by atoms with Crippen LogP contribution < -0.4 is 17.2 Å². The number of hydrogen-bond acceptors (Lipinski definition) is 6. The molecule has 0 radical (unpaired) electrons. The van der Waals surface area contributed by atoms with E-state index in [1.807, 2.05) is 0 Å². The Hall–Kier alpha value is -0.620. The summed E-state index contributed by atoms with van der Waals surface area (Å²) in [5, 5.41) is 0. The van der Waals surface area contributed by atoms with Gasteiger partial charge in [0, 0.05) is 11.0 Å². The highest BCUT2D eigenvalue weighted by atomic mass is 31.1. The summed E-state index contributed by atoms with van der Waals surface area (Å²) in [6, 6.07) is 0. The third kappa shape index (κ3) is 8.67. The number of rotatable bonds is 0. The molecular formula is C9H21N3O3P+. The summed E-state index contributed by atoms with van der Waals surface area (Å²) < 4.78 is 20.4. The second-order valence-corrected chi connectivity index (χ2v) is 3.65. The second-order valence-electron chi connectivity index (χ2n) is 2.81. The second kappa shape index (κ2) is 9.59. The fourth-order valence-electron chi connectivity index (χ4n) is 0.949. The largest absolute Gasteiger partial charge is 0.702 e. The SMILES string of the molecule is C=C.C=C.NC1CCCC(N)(N)O[P+](=O)O1. The normalized spacial score (nSPS) is 25.9. The van der Waals surface area contributed by atoms with Crippen molar-refractivity contribution in [2.45, 2.75) is 31.3 Å². The van der Waals surface area contributed by atoms with Crippen molar-refractivity contribution < 1.29 is 13.6 Å². The van der Waals surface area contributed by atoms with Crippen LogP contribution in [-0.2, 0) is 13.6 Å². The van der Waals surface area contributed by atoms with Gasteiger partial charge in [-0.15, -0.1) is 30.8 Å². The summed E-state index contributed by atoms with van der Waals surface area (Å²) in [6.45, 7) is 12.0. The van der Waals surface area contributed by atoms with Crippen LogP contribution in [0.15, 0.2) is 26.3 Å². The van der Waals surface area contributed by atoms with Gasteiger partial charge in [-0.2, -0.15) is 0 Å². The van der Waals surface area contributed by atoms with Gasteiger partial charge in [0.2, 0.25) is 5.85 Å². The fraction of sp³-hybridized carbons (Fsp3) is 0.556. The van der Waals surface area contributed by atoms with Crippen molar-refractivity contribution in [1.29, 1.82) is 0 Å². The lowest BCUT2D eigenvalue weighted by Gasteiger charge is -2.19. The Morgan fingerprint density at radius 1 is 1.25 bits per heavy atom. The summed E-state index contributed by atoms with van der Waals surface area (Å²) in [5.41, 5.74) is 16.3. The Bertz CT molecular complexity index is 212. The molecule has 0 aromatic rings. The molecule has 1 aliphatic rings. The molecule has 7 heteroatoms. The summed E-state index contributed by atoms with van der Waals surface area (Å²) in [6.07, 6.45) is 1.15. The van der Waals surface area contributed by atoms with Crippen molar-refractivity contribution in [3.8, 4) is 0 Å². The average molecular weight is 250 g/mol. The highest BCUT2D eigenvalue weighted by Gasteiger charge is 2.38. The molecule has 94 valence electrons. The van der Waals surface area contributed by atoms with Gasteiger partial charge in [0.1, 0.15) is 0 Å². The Labute approximate surface area is 97.4 Å². The molecule has 0 saturated carbocycles. The topological polar surface area (TPSA) is 114 Å². The zero-order valence-corrected chi connectivity index (χ0v) is 10.3. The van der Waals surface area contributed by atoms with Gasteiger partial charge < -0.3 is 5.73 Å². The molecule has 1 rings (SSSR count). The van der Waals surface area contributed by atoms with Gasteiger partial charge in [-0.25, -0.2) is 0 Å². The Kier molecular flexibility index (Phi) is 10.7. The molecule has 0 aliphatic carbocycles. The maximum absolute atomic E-state index is 10.9. The van der Waals surface area contributed by atoms with Gasteiger partial charge in [-0.3, -0.25) is 11.5 Å². The van der Waals surface area contributed by atoms with Gasteiger partial charge in [0.15, 0.2) is 6.23 Å². The van der Waals surface area contributed by atoms with E-state index in [1.54, 1.807) is 0 Å². The highest BCUT2D eigenvalue weighted by molar-refractivity contribution is 7.33. The minimum absolute atomic E-state index is 0.422. The summed E-state index contributed by atoms with van der Waals surface area (Å²) in [7, 11) is -2.29. The molecule has 0 spiro atoms. The van der Waals surface area contributed by atoms with Gasteiger partial charge in [0.25, 0.3) is 0 Å². The van der Waals surface area contributed by atoms with Crippen LogP contribution in [0.25, 0.3) is 0 Å². The Balaban J connectivity index is 0. The molecule has 0 aromatic heterocycles. The third-order valence-corrected chi connectivity index (χ3v) is 2.45. The first-order chi connectivity index (χ1) is 7.49. The van der Waals surface area contributed by atoms with Crippen molar-refractivity contribution >= 4 is 8.25 Å². The number of hydrogen-bond donors (Lipinski definition) is 3. The molecule has 2 unspecified atom stereocenters. The monoisotopic (exact) mass is 250 g/mol. The minimum atomic E-state index is -2.29. The van der Waals surface area contributed by atoms with E-state index in [9.17, 15) is 4.57 Å². The summed E-state index contributed by atoms with van der Waals surface area (Å²) in [5.74, 6) is -1.35. The zero-order valence-electron chi connectivity index (χ0n) is 9.43. The van der Waals surface area contributed by atoms with E-state index in [-0.39, 0.29) is 0 Å². The molecule has 6 nitrogen and oxygen atoms in total. The minimum Gasteiger partial charge on any atom is -0.302 e. The van der Waals surface area contributed by atoms with E-state index in [0.717, 1.165) is 0 Å². The van der Waals surface area contributed by atoms with E-state index >= 15 is 0 Å². The predicted molar refractivity (Wildman–Crippen MR) is 65.2 cm³/mol. The van der Waals surface area contributed by atoms with Gasteiger partial charge >= 0.3 is 8.25 Å². The maximum Gasteiger partial charge on any atom is 0.702 e. The molecule has 0 bridgehead atoms. The van der Waals surface area contributed by atoms with Crippen LogP contribution in [0.2, 0.25) is 0 Å². The lowest BCUT2D eigenvalue weighted by molar-refractivity contribution is 0.0276. The van der Waals surface area contributed by atoms with Crippen molar-refractivity contribution in [3.05, 3.63) is 26.3 Å².